The number of hydrogen-bond acceptors (Lipinski definition) is 2. The molecule has 1 amide bonds. The molecule has 2 aliphatic rings. The predicted molar refractivity (Wildman–Crippen MR) is 80.5 cm³/mol. The Balaban J connectivity index is 1.55. The number of benzene rings is 1. The lowest BCUT2D eigenvalue weighted by Gasteiger charge is -2.19. The molecule has 2 aliphatic carbocycles. The minimum atomic E-state index is 0.0872. The van der Waals surface area contributed by atoms with Gasteiger partial charge in [0.2, 0.25) is 5.91 Å². The topological polar surface area (TPSA) is 41.5 Å². The van der Waals surface area contributed by atoms with E-state index in [9.17, 15) is 4.79 Å². The van der Waals surface area contributed by atoms with Crippen LogP contribution in [0.1, 0.15) is 50.5 Å². The van der Waals surface area contributed by atoms with Crippen molar-refractivity contribution in [3.63, 3.8) is 0 Å². The summed E-state index contributed by atoms with van der Waals surface area (Å²) in [6.45, 7) is 2.20. The molecule has 3 rings (SSSR count). The highest BCUT2D eigenvalue weighted by Gasteiger charge is 2.43. The zero-order valence-electron chi connectivity index (χ0n) is 12.0. The van der Waals surface area contributed by atoms with E-state index in [0.717, 1.165) is 12.8 Å². The zero-order chi connectivity index (χ0) is 13.9. The Labute approximate surface area is 120 Å². The number of rotatable bonds is 3. The standard InChI is InChI=1S/C17H22N2O/c1-12-7-5-6-10-16(12)18-19-17(20)15-11-14(15)13-8-3-2-4-9-13/h2-4,8-9,12,14-15H,5-7,10-11H2,1H3,(H,19,20). The van der Waals surface area contributed by atoms with E-state index < -0.39 is 0 Å². The van der Waals surface area contributed by atoms with Gasteiger partial charge in [-0.25, -0.2) is 5.43 Å². The molecule has 0 heterocycles. The summed E-state index contributed by atoms with van der Waals surface area (Å²) >= 11 is 0. The first-order chi connectivity index (χ1) is 9.75. The fourth-order valence-electron chi connectivity index (χ4n) is 3.10. The molecule has 3 heteroatoms. The van der Waals surface area contributed by atoms with Crippen molar-refractivity contribution in [2.45, 2.75) is 44.9 Å². The molecule has 0 radical (unpaired) electrons. The second-order valence-corrected chi connectivity index (χ2v) is 6.09. The van der Waals surface area contributed by atoms with Gasteiger partial charge in [0.25, 0.3) is 0 Å². The maximum atomic E-state index is 12.1. The van der Waals surface area contributed by atoms with Crippen LogP contribution in [0.2, 0.25) is 0 Å². The van der Waals surface area contributed by atoms with Gasteiger partial charge >= 0.3 is 0 Å². The molecule has 1 N–H and O–H groups in total. The van der Waals surface area contributed by atoms with Gasteiger partial charge in [0.15, 0.2) is 0 Å². The van der Waals surface area contributed by atoms with Gasteiger partial charge in [0.1, 0.15) is 0 Å². The Kier molecular flexibility index (Phi) is 3.86. The van der Waals surface area contributed by atoms with Gasteiger partial charge in [-0.3, -0.25) is 4.79 Å². The molecule has 2 fully saturated rings. The van der Waals surface area contributed by atoms with E-state index in [1.165, 1.54) is 30.5 Å². The SMILES string of the molecule is CC1CCCCC1=NNC(=O)C1CC1c1ccccc1. The van der Waals surface area contributed by atoms with Crippen molar-refractivity contribution in [3.8, 4) is 0 Å². The number of hydrazone groups is 1. The molecule has 0 spiro atoms. The summed E-state index contributed by atoms with van der Waals surface area (Å²) in [5.74, 6) is 1.11. The van der Waals surface area contributed by atoms with Crippen molar-refractivity contribution in [3.05, 3.63) is 35.9 Å². The summed E-state index contributed by atoms with van der Waals surface area (Å²) in [5, 5.41) is 4.37. The molecule has 106 valence electrons. The number of carbonyl (C=O) groups excluding carboxylic acids is 1. The second kappa shape index (κ2) is 5.78. The molecule has 20 heavy (non-hydrogen) atoms. The Morgan fingerprint density at radius 2 is 2.05 bits per heavy atom. The Morgan fingerprint density at radius 1 is 1.25 bits per heavy atom. The van der Waals surface area contributed by atoms with Gasteiger partial charge < -0.3 is 0 Å². The highest BCUT2D eigenvalue weighted by atomic mass is 16.2. The summed E-state index contributed by atoms with van der Waals surface area (Å²) in [6.07, 6.45) is 5.68. The largest absolute Gasteiger partial charge is 0.273 e. The van der Waals surface area contributed by atoms with E-state index in [0.29, 0.717) is 11.8 Å². The minimum Gasteiger partial charge on any atom is -0.273 e. The lowest BCUT2D eigenvalue weighted by atomic mass is 9.89. The van der Waals surface area contributed by atoms with Gasteiger partial charge in [0.05, 0.1) is 0 Å². The quantitative estimate of drug-likeness (QED) is 0.839. The predicted octanol–water partition coefficient (Wildman–Crippen LogP) is 3.47. The second-order valence-electron chi connectivity index (χ2n) is 6.09. The number of nitrogens with zero attached hydrogens (tertiary/aromatic N) is 1. The summed E-state index contributed by atoms with van der Waals surface area (Å²) in [4.78, 5) is 12.1. The third kappa shape index (κ3) is 2.92. The molecule has 0 aromatic heterocycles. The Hall–Kier alpha value is -1.64. The molecule has 1 aromatic rings. The van der Waals surface area contributed by atoms with Crippen LogP contribution in [0.5, 0.6) is 0 Å². The number of carbonyl (C=O) groups is 1. The molecule has 3 nitrogen and oxygen atoms in total. The van der Waals surface area contributed by atoms with E-state index >= 15 is 0 Å². The van der Waals surface area contributed by atoms with Crippen molar-refractivity contribution in [2.24, 2.45) is 16.9 Å². The molecule has 0 saturated heterocycles. The molecular weight excluding hydrogens is 248 g/mol. The van der Waals surface area contributed by atoms with Gasteiger partial charge in [-0.05, 0) is 43.1 Å². The van der Waals surface area contributed by atoms with Gasteiger partial charge in [-0.15, -0.1) is 0 Å². The molecule has 1 aromatic carbocycles. The maximum absolute atomic E-state index is 12.1. The van der Waals surface area contributed by atoms with Crippen LogP contribution in [0.4, 0.5) is 0 Å². The van der Waals surface area contributed by atoms with Crippen molar-refractivity contribution < 1.29 is 4.79 Å². The smallest absolute Gasteiger partial charge is 0.243 e. The fourth-order valence-corrected chi connectivity index (χ4v) is 3.10. The lowest BCUT2D eigenvalue weighted by molar-refractivity contribution is -0.122. The molecular formula is C17H22N2O. The van der Waals surface area contributed by atoms with E-state index in [1.807, 2.05) is 18.2 Å². The average Bonchev–Trinajstić information content (AvgIpc) is 3.28. The van der Waals surface area contributed by atoms with Crippen LogP contribution in [-0.2, 0) is 4.79 Å². The molecule has 3 unspecified atom stereocenters. The van der Waals surface area contributed by atoms with Crippen LogP contribution in [0.3, 0.4) is 0 Å². The van der Waals surface area contributed by atoms with Crippen LogP contribution in [-0.4, -0.2) is 11.6 Å². The number of hydrogen-bond donors (Lipinski definition) is 1. The third-order valence-electron chi connectivity index (χ3n) is 4.55. The first-order valence-electron chi connectivity index (χ1n) is 7.67. The van der Waals surface area contributed by atoms with Crippen LogP contribution in [0.15, 0.2) is 35.4 Å². The van der Waals surface area contributed by atoms with E-state index in [1.54, 1.807) is 0 Å². The average molecular weight is 270 g/mol. The Morgan fingerprint density at radius 3 is 2.80 bits per heavy atom. The summed E-state index contributed by atoms with van der Waals surface area (Å²) in [5.41, 5.74) is 5.23. The molecule has 0 bridgehead atoms. The Bertz CT molecular complexity index is 509. The normalized spacial score (nSPS) is 31.1. The highest BCUT2D eigenvalue weighted by Crippen LogP contribution is 2.47. The molecule has 3 atom stereocenters. The van der Waals surface area contributed by atoms with Gasteiger partial charge in [-0.1, -0.05) is 43.7 Å². The third-order valence-corrected chi connectivity index (χ3v) is 4.55. The van der Waals surface area contributed by atoms with Crippen LogP contribution in [0, 0.1) is 11.8 Å². The maximum Gasteiger partial charge on any atom is 0.243 e. The van der Waals surface area contributed by atoms with Gasteiger partial charge in [0, 0.05) is 11.6 Å². The van der Waals surface area contributed by atoms with Crippen LogP contribution in [0.25, 0.3) is 0 Å². The minimum absolute atomic E-state index is 0.0872. The summed E-state index contributed by atoms with van der Waals surface area (Å²) in [7, 11) is 0. The lowest BCUT2D eigenvalue weighted by Crippen LogP contribution is -2.25. The van der Waals surface area contributed by atoms with Crippen LogP contribution >= 0.6 is 0 Å². The molecule has 0 aliphatic heterocycles. The van der Waals surface area contributed by atoms with Gasteiger partial charge in [-0.2, -0.15) is 5.10 Å². The summed E-state index contributed by atoms with van der Waals surface area (Å²) in [6, 6.07) is 10.3. The summed E-state index contributed by atoms with van der Waals surface area (Å²) < 4.78 is 0. The number of amides is 1. The fraction of sp³-hybridized carbons (Fsp3) is 0.529. The zero-order valence-corrected chi connectivity index (χ0v) is 12.0. The van der Waals surface area contributed by atoms with Crippen molar-refractivity contribution >= 4 is 11.6 Å². The highest BCUT2D eigenvalue weighted by molar-refractivity contribution is 5.89. The first-order valence-corrected chi connectivity index (χ1v) is 7.67. The van der Waals surface area contributed by atoms with E-state index in [-0.39, 0.29) is 11.8 Å². The van der Waals surface area contributed by atoms with E-state index in [4.69, 9.17) is 0 Å². The molecule has 2 saturated carbocycles. The van der Waals surface area contributed by atoms with Crippen molar-refractivity contribution in [1.82, 2.24) is 5.43 Å². The van der Waals surface area contributed by atoms with E-state index in [2.05, 4.69) is 29.6 Å². The first kappa shape index (κ1) is 13.3. The van der Waals surface area contributed by atoms with Crippen molar-refractivity contribution in [2.75, 3.05) is 0 Å². The van der Waals surface area contributed by atoms with Crippen LogP contribution < -0.4 is 5.43 Å². The number of nitrogens with one attached hydrogen (secondary N) is 1. The monoisotopic (exact) mass is 270 g/mol. The van der Waals surface area contributed by atoms with Crippen molar-refractivity contribution in [1.29, 1.82) is 0 Å².